The average Bonchev–Trinajstić information content (AvgIpc) is 2.72. The highest BCUT2D eigenvalue weighted by Crippen LogP contribution is 2.61. The second-order valence-corrected chi connectivity index (χ2v) is 4.94. The molecule has 0 spiro atoms. The Hall–Kier alpha value is -1.55. The molecule has 1 aromatic rings. The lowest BCUT2D eigenvalue weighted by molar-refractivity contribution is 0.192. The maximum atomic E-state index is 10.7. The van der Waals surface area contributed by atoms with E-state index in [-0.39, 0.29) is 5.41 Å². The zero-order valence-electron chi connectivity index (χ0n) is 9.52. The molecule has 1 aromatic carbocycles. The Morgan fingerprint density at radius 1 is 1.35 bits per heavy atom. The van der Waals surface area contributed by atoms with Crippen molar-refractivity contribution in [3.8, 4) is 0 Å². The van der Waals surface area contributed by atoms with E-state index in [2.05, 4.69) is 22.8 Å². The summed E-state index contributed by atoms with van der Waals surface area (Å²) in [5.74, 6) is 1.16. The molecule has 0 bridgehead atoms. The van der Waals surface area contributed by atoms with Gasteiger partial charge in [0.2, 0.25) is 0 Å². The molecule has 1 saturated heterocycles. The smallest absolute Gasteiger partial charge is 0.404 e. The van der Waals surface area contributed by atoms with E-state index >= 15 is 0 Å². The molecule has 1 saturated carbocycles. The van der Waals surface area contributed by atoms with Crippen LogP contribution in [0.15, 0.2) is 30.3 Å². The van der Waals surface area contributed by atoms with Crippen molar-refractivity contribution in [3.63, 3.8) is 0 Å². The van der Waals surface area contributed by atoms with Crippen molar-refractivity contribution in [2.45, 2.75) is 5.41 Å². The van der Waals surface area contributed by atoms with Gasteiger partial charge in [0.05, 0.1) is 0 Å². The SMILES string of the molecule is O=C(O)NCC1(c2ccccc2)[C@@H]2CNC[C@@H]21. The minimum absolute atomic E-state index is 0.0326. The third-order valence-electron chi connectivity index (χ3n) is 4.27. The molecule has 4 nitrogen and oxygen atoms in total. The van der Waals surface area contributed by atoms with Crippen LogP contribution in [0.5, 0.6) is 0 Å². The number of carboxylic acid groups (broad SMARTS) is 1. The summed E-state index contributed by atoms with van der Waals surface area (Å²) in [4.78, 5) is 10.7. The lowest BCUT2D eigenvalue weighted by Crippen LogP contribution is -2.37. The van der Waals surface area contributed by atoms with Crippen LogP contribution in [0.3, 0.4) is 0 Å². The summed E-state index contributed by atoms with van der Waals surface area (Å²) in [6.07, 6.45) is -0.932. The van der Waals surface area contributed by atoms with Crippen LogP contribution >= 0.6 is 0 Å². The predicted octanol–water partition coefficient (Wildman–Crippen LogP) is 1.04. The van der Waals surface area contributed by atoms with E-state index in [9.17, 15) is 4.79 Å². The van der Waals surface area contributed by atoms with Gasteiger partial charge >= 0.3 is 6.09 Å². The highest BCUT2D eigenvalue weighted by molar-refractivity contribution is 5.65. The van der Waals surface area contributed by atoms with E-state index in [4.69, 9.17) is 5.11 Å². The number of hydrogen-bond acceptors (Lipinski definition) is 2. The minimum Gasteiger partial charge on any atom is -0.465 e. The van der Waals surface area contributed by atoms with E-state index in [1.807, 2.05) is 18.2 Å². The summed E-state index contributed by atoms with van der Waals surface area (Å²) >= 11 is 0. The first kappa shape index (κ1) is 10.6. The Labute approximate surface area is 100 Å². The first-order valence-electron chi connectivity index (χ1n) is 5.98. The Morgan fingerprint density at radius 3 is 2.59 bits per heavy atom. The number of carbonyl (C=O) groups is 1. The number of amides is 1. The van der Waals surface area contributed by atoms with Crippen molar-refractivity contribution < 1.29 is 9.90 Å². The predicted molar refractivity (Wildman–Crippen MR) is 64.0 cm³/mol. The second-order valence-electron chi connectivity index (χ2n) is 4.94. The van der Waals surface area contributed by atoms with Gasteiger partial charge in [0, 0.05) is 12.0 Å². The highest BCUT2D eigenvalue weighted by atomic mass is 16.4. The quantitative estimate of drug-likeness (QED) is 0.729. The zero-order chi connectivity index (χ0) is 11.9. The molecule has 2 fully saturated rings. The monoisotopic (exact) mass is 232 g/mol. The largest absolute Gasteiger partial charge is 0.465 e. The molecule has 3 atom stereocenters. The summed E-state index contributed by atoms with van der Waals surface area (Å²) in [5.41, 5.74) is 1.30. The van der Waals surface area contributed by atoms with Crippen LogP contribution in [0.1, 0.15) is 5.56 Å². The molecular formula is C13H16N2O2. The first-order valence-corrected chi connectivity index (χ1v) is 5.98. The van der Waals surface area contributed by atoms with Crippen LogP contribution in [0.2, 0.25) is 0 Å². The van der Waals surface area contributed by atoms with Gasteiger partial charge < -0.3 is 15.7 Å². The minimum atomic E-state index is -0.932. The van der Waals surface area contributed by atoms with Crippen molar-refractivity contribution >= 4 is 6.09 Å². The maximum Gasteiger partial charge on any atom is 0.404 e. The van der Waals surface area contributed by atoms with Crippen LogP contribution < -0.4 is 10.6 Å². The third kappa shape index (κ3) is 1.52. The number of nitrogens with one attached hydrogen (secondary N) is 2. The summed E-state index contributed by atoms with van der Waals surface area (Å²) in [6.45, 7) is 2.53. The first-order chi connectivity index (χ1) is 8.25. The molecule has 90 valence electrons. The topological polar surface area (TPSA) is 61.4 Å². The van der Waals surface area contributed by atoms with E-state index in [0.29, 0.717) is 18.4 Å². The normalized spacial score (nSPS) is 34.1. The van der Waals surface area contributed by atoms with Gasteiger partial charge in [0.25, 0.3) is 0 Å². The Kier molecular flexibility index (Phi) is 2.33. The molecule has 3 rings (SSSR count). The van der Waals surface area contributed by atoms with E-state index in [0.717, 1.165) is 13.1 Å². The molecule has 1 aliphatic heterocycles. The van der Waals surface area contributed by atoms with E-state index in [1.165, 1.54) is 5.56 Å². The highest BCUT2D eigenvalue weighted by Gasteiger charge is 2.66. The average molecular weight is 232 g/mol. The lowest BCUT2D eigenvalue weighted by Gasteiger charge is -2.21. The van der Waals surface area contributed by atoms with Crippen molar-refractivity contribution in [2.24, 2.45) is 11.8 Å². The van der Waals surface area contributed by atoms with Crippen molar-refractivity contribution in [1.82, 2.24) is 10.6 Å². The van der Waals surface area contributed by atoms with Gasteiger partial charge in [-0.2, -0.15) is 0 Å². The van der Waals surface area contributed by atoms with Crippen LogP contribution in [0.25, 0.3) is 0 Å². The number of rotatable bonds is 3. The Balaban J connectivity index is 1.86. The van der Waals surface area contributed by atoms with Crippen LogP contribution in [0.4, 0.5) is 4.79 Å². The summed E-state index contributed by atoms with van der Waals surface area (Å²) in [7, 11) is 0. The van der Waals surface area contributed by atoms with Crippen molar-refractivity contribution in [2.75, 3.05) is 19.6 Å². The van der Waals surface area contributed by atoms with Crippen LogP contribution in [-0.2, 0) is 5.41 Å². The van der Waals surface area contributed by atoms with Crippen molar-refractivity contribution in [3.05, 3.63) is 35.9 Å². The molecule has 3 N–H and O–H groups in total. The summed E-state index contributed by atoms with van der Waals surface area (Å²) < 4.78 is 0. The van der Waals surface area contributed by atoms with Gasteiger partial charge in [0.15, 0.2) is 0 Å². The Bertz CT molecular complexity index is 422. The van der Waals surface area contributed by atoms with Gasteiger partial charge in [-0.05, 0) is 30.5 Å². The third-order valence-corrected chi connectivity index (χ3v) is 4.27. The number of benzene rings is 1. The molecule has 0 aromatic heterocycles. The fourth-order valence-electron chi connectivity index (χ4n) is 3.41. The van der Waals surface area contributed by atoms with Gasteiger partial charge in [-0.25, -0.2) is 4.79 Å². The number of piperidine rings is 1. The van der Waals surface area contributed by atoms with Crippen molar-refractivity contribution in [1.29, 1.82) is 0 Å². The van der Waals surface area contributed by atoms with Gasteiger partial charge in [-0.1, -0.05) is 30.3 Å². The number of hydrogen-bond donors (Lipinski definition) is 3. The molecule has 1 heterocycles. The van der Waals surface area contributed by atoms with E-state index in [1.54, 1.807) is 0 Å². The lowest BCUT2D eigenvalue weighted by atomic mass is 9.90. The maximum absolute atomic E-state index is 10.7. The Morgan fingerprint density at radius 2 is 2.00 bits per heavy atom. The van der Waals surface area contributed by atoms with Gasteiger partial charge in [-0.3, -0.25) is 0 Å². The zero-order valence-corrected chi connectivity index (χ0v) is 9.52. The molecule has 1 unspecified atom stereocenters. The number of fused-ring (bicyclic) bond motifs is 1. The van der Waals surface area contributed by atoms with Gasteiger partial charge in [-0.15, -0.1) is 0 Å². The second kappa shape index (κ2) is 3.74. The van der Waals surface area contributed by atoms with Crippen LogP contribution in [-0.4, -0.2) is 30.8 Å². The molecule has 4 heteroatoms. The summed E-state index contributed by atoms with van der Waals surface area (Å²) in [6, 6.07) is 10.3. The molecule has 1 aliphatic carbocycles. The molecule has 17 heavy (non-hydrogen) atoms. The summed E-state index contributed by atoms with van der Waals surface area (Å²) in [5, 5.41) is 14.7. The van der Waals surface area contributed by atoms with E-state index < -0.39 is 6.09 Å². The standard InChI is InChI=1S/C13H16N2O2/c16-12(17)15-8-13(9-4-2-1-3-5-9)10-6-14-7-11(10)13/h1-5,10-11,14-15H,6-8H2,(H,16,17)/t10-,11+,13?. The molecule has 1 amide bonds. The molecule has 0 radical (unpaired) electrons. The van der Waals surface area contributed by atoms with Gasteiger partial charge in [0.1, 0.15) is 0 Å². The fraction of sp³-hybridized carbons (Fsp3) is 0.462. The molecular weight excluding hydrogens is 216 g/mol. The van der Waals surface area contributed by atoms with Crippen LogP contribution in [0, 0.1) is 11.8 Å². The fourth-order valence-corrected chi connectivity index (χ4v) is 3.41. The molecule has 2 aliphatic rings.